The summed E-state index contributed by atoms with van der Waals surface area (Å²) in [4.78, 5) is 0. The third-order valence-corrected chi connectivity index (χ3v) is 10.2. The molecule has 0 bridgehead atoms. The summed E-state index contributed by atoms with van der Waals surface area (Å²) >= 11 is 0. The van der Waals surface area contributed by atoms with Gasteiger partial charge in [-0.1, -0.05) is 108 Å². The molecule has 5 heteroatoms. The largest absolute Gasteiger partial charge is 0.872 e. The standard InChI is InChI=1S/C25H22NO.C25H28O3/c1-27-25-19-17-24(18-20-25)26(21-11-5-2-6-12-21,22-13-7-3-8-14-22)23-15-9-4-10-16-23;1-14-6-21(12-19-8-15(2)23(26)16(3)9-19)25(28)22(7-14)13-20-10-17(4)24(27)18(5)11-20/h2-20H,1H3;6-11,26-28H,12-13H2,1-5H3/q+1;/p-1. The molecule has 0 spiro atoms. The summed E-state index contributed by atoms with van der Waals surface area (Å²) in [6, 6.07) is 51.9. The summed E-state index contributed by atoms with van der Waals surface area (Å²) in [6.07, 6.45) is 1.09. The molecule has 0 unspecified atom stereocenters. The van der Waals surface area contributed by atoms with E-state index in [4.69, 9.17) is 4.74 Å². The Hall–Kier alpha value is -6.30. The smallest absolute Gasteiger partial charge is 0.148 e. The number of nitrogens with zero attached hydrogens (tertiary/aromatic N) is 1. The van der Waals surface area contributed by atoms with Crippen molar-refractivity contribution in [1.29, 1.82) is 0 Å². The summed E-state index contributed by atoms with van der Waals surface area (Å²) in [5.74, 6) is 1.55. The minimum absolute atomic E-state index is 0.0670. The maximum absolute atomic E-state index is 13.1. The molecule has 278 valence electrons. The zero-order valence-electron chi connectivity index (χ0n) is 32.5. The molecule has 0 aliphatic carbocycles. The van der Waals surface area contributed by atoms with Gasteiger partial charge in [0, 0.05) is 48.5 Å². The topological polar surface area (TPSA) is 72.8 Å². The van der Waals surface area contributed by atoms with Gasteiger partial charge in [0.25, 0.3) is 0 Å². The number of benzene rings is 7. The maximum Gasteiger partial charge on any atom is 0.148 e. The third-order valence-electron chi connectivity index (χ3n) is 10.2. The molecule has 0 aromatic heterocycles. The van der Waals surface area contributed by atoms with Crippen LogP contribution in [0.25, 0.3) is 0 Å². The van der Waals surface area contributed by atoms with E-state index < -0.39 is 0 Å². The van der Waals surface area contributed by atoms with Crippen LogP contribution in [0, 0.1) is 34.6 Å². The molecule has 0 radical (unpaired) electrons. The van der Waals surface area contributed by atoms with Gasteiger partial charge in [-0.2, -0.15) is 4.48 Å². The Morgan fingerprint density at radius 2 is 0.800 bits per heavy atom. The molecule has 7 aromatic rings. The Bertz CT molecular complexity index is 2150. The van der Waals surface area contributed by atoms with Crippen LogP contribution in [-0.2, 0) is 12.8 Å². The lowest BCUT2D eigenvalue weighted by Crippen LogP contribution is -2.33. The van der Waals surface area contributed by atoms with Gasteiger partial charge in [0.15, 0.2) is 0 Å². The Kier molecular flexibility index (Phi) is 11.7. The average Bonchev–Trinajstić information content (AvgIpc) is 3.20. The molecule has 0 amide bonds. The fraction of sp³-hybridized carbons (Fsp3) is 0.160. The number of phenols is 2. The Morgan fingerprint density at radius 3 is 1.13 bits per heavy atom. The molecule has 5 nitrogen and oxygen atoms in total. The molecule has 0 saturated heterocycles. The predicted molar refractivity (Wildman–Crippen MR) is 224 cm³/mol. The number of methoxy groups -OCH3 is 1. The van der Waals surface area contributed by atoms with E-state index in [2.05, 4.69) is 103 Å². The van der Waals surface area contributed by atoms with Gasteiger partial charge >= 0.3 is 0 Å². The highest BCUT2D eigenvalue weighted by molar-refractivity contribution is 5.81. The summed E-state index contributed by atoms with van der Waals surface area (Å²) in [5.41, 5.74) is 12.6. The van der Waals surface area contributed by atoms with Gasteiger partial charge in [0.1, 0.15) is 40.0 Å². The van der Waals surface area contributed by atoms with E-state index in [1.807, 2.05) is 83.1 Å². The lowest BCUT2D eigenvalue weighted by molar-refractivity contribution is -0.270. The van der Waals surface area contributed by atoms with E-state index in [1.54, 1.807) is 7.11 Å². The highest BCUT2D eigenvalue weighted by Crippen LogP contribution is 2.51. The first kappa shape index (κ1) is 38.4. The second-order valence-corrected chi connectivity index (χ2v) is 14.3. The van der Waals surface area contributed by atoms with Crippen LogP contribution in [0.3, 0.4) is 0 Å². The highest BCUT2D eigenvalue weighted by Gasteiger charge is 2.38. The van der Waals surface area contributed by atoms with E-state index >= 15 is 0 Å². The second-order valence-electron chi connectivity index (χ2n) is 14.3. The zero-order chi connectivity index (χ0) is 39.1. The van der Waals surface area contributed by atoms with Crippen molar-refractivity contribution in [3.8, 4) is 23.0 Å². The van der Waals surface area contributed by atoms with Crippen LogP contribution in [0.5, 0.6) is 23.0 Å². The van der Waals surface area contributed by atoms with Crippen LogP contribution >= 0.6 is 0 Å². The van der Waals surface area contributed by atoms with E-state index in [9.17, 15) is 15.3 Å². The predicted octanol–water partition coefficient (Wildman–Crippen LogP) is 11.9. The average molecular weight is 728 g/mol. The van der Waals surface area contributed by atoms with Gasteiger partial charge in [0.05, 0.1) is 7.11 Å². The fourth-order valence-electron chi connectivity index (χ4n) is 7.58. The molecular weight excluding hydrogens is 679 g/mol. The van der Waals surface area contributed by atoms with Crippen molar-refractivity contribution in [1.82, 2.24) is 4.48 Å². The maximum atomic E-state index is 13.1. The number of hydrogen-bond acceptors (Lipinski definition) is 4. The van der Waals surface area contributed by atoms with Crippen LogP contribution in [0.1, 0.15) is 50.1 Å². The first-order valence-electron chi connectivity index (χ1n) is 18.6. The fourth-order valence-corrected chi connectivity index (χ4v) is 7.58. The van der Waals surface area contributed by atoms with E-state index in [0.29, 0.717) is 28.8 Å². The lowest BCUT2D eigenvalue weighted by Gasteiger charge is -2.37. The quantitative estimate of drug-likeness (QED) is 0.145. The summed E-state index contributed by atoms with van der Waals surface area (Å²) in [6.45, 7) is 9.51. The van der Waals surface area contributed by atoms with Crippen molar-refractivity contribution in [2.24, 2.45) is 0 Å². The highest BCUT2D eigenvalue weighted by atomic mass is 16.5. The van der Waals surface area contributed by atoms with Gasteiger partial charge in [-0.3, -0.25) is 0 Å². The van der Waals surface area contributed by atoms with Crippen LogP contribution < -0.4 is 14.3 Å². The van der Waals surface area contributed by atoms with Crippen molar-refractivity contribution in [3.63, 3.8) is 0 Å². The van der Waals surface area contributed by atoms with Crippen molar-refractivity contribution in [3.05, 3.63) is 202 Å². The molecule has 2 N–H and O–H groups in total. The second kappa shape index (κ2) is 16.8. The number of rotatable bonds is 9. The van der Waals surface area contributed by atoms with Crippen molar-refractivity contribution in [2.45, 2.75) is 47.5 Å². The van der Waals surface area contributed by atoms with Crippen molar-refractivity contribution < 1.29 is 20.1 Å². The molecule has 0 aliphatic rings. The molecule has 7 rings (SSSR count). The number of aromatic hydroxyl groups is 2. The number of hydrogen-bond donors (Lipinski definition) is 2. The number of phenolic OH excluding ortho intramolecular Hbond substituents is 2. The Balaban J connectivity index is 0.000000187. The summed E-state index contributed by atoms with van der Waals surface area (Å²) < 4.78 is 5.90. The lowest BCUT2D eigenvalue weighted by atomic mass is 9.93. The number of quaternary nitrogens is 1. The Labute approximate surface area is 325 Å². The number of aryl methyl sites for hydroxylation is 5. The summed E-state index contributed by atoms with van der Waals surface area (Å²) in [7, 11) is 1.70. The van der Waals surface area contributed by atoms with Crippen molar-refractivity contribution in [2.75, 3.05) is 7.11 Å². The van der Waals surface area contributed by atoms with Gasteiger partial charge in [-0.15, -0.1) is 5.75 Å². The SMILES string of the molecule is COc1ccc([N+](c2ccccc2)(c2ccccc2)c2ccccc2)cc1.Cc1cc(Cc2cc(C)c(O)c(C)c2)c([O-])c(Cc2cc(C)c(O)c(C)c2)c1. The third kappa shape index (κ3) is 8.28. The van der Waals surface area contributed by atoms with Crippen LogP contribution in [0.2, 0.25) is 0 Å². The van der Waals surface area contributed by atoms with Gasteiger partial charge in [-0.05, 0) is 93.0 Å². The Morgan fingerprint density at radius 1 is 0.473 bits per heavy atom. The molecular formula is C50H49NO4. The van der Waals surface area contributed by atoms with Gasteiger partial charge in [0.2, 0.25) is 0 Å². The van der Waals surface area contributed by atoms with E-state index in [0.717, 1.165) is 61.5 Å². The molecule has 0 heterocycles. The normalized spacial score (nSPS) is 11.1. The van der Waals surface area contributed by atoms with E-state index in [1.165, 1.54) is 17.1 Å². The molecule has 7 aromatic carbocycles. The van der Waals surface area contributed by atoms with Gasteiger partial charge < -0.3 is 20.1 Å². The first-order valence-corrected chi connectivity index (χ1v) is 18.6. The number of ether oxygens (including phenoxy) is 1. The molecule has 0 fully saturated rings. The molecule has 0 saturated carbocycles. The summed E-state index contributed by atoms with van der Waals surface area (Å²) in [5, 5.41) is 33.1. The number of para-hydroxylation sites is 3. The van der Waals surface area contributed by atoms with E-state index in [-0.39, 0.29) is 5.75 Å². The van der Waals surface area contributed by atoms with Crippen LogP contribution in [0.4, 0.5) is 22.7 Å². The van der Waals surface area contributed by atoms with Gasteiger partial charge in [-0.25, -0.2) is 0 Å². The van der Waals surface area contributed by atoms with Crippen LogP contribution in [0.15, 0.2) is 152 Å². The molecule has 0 aliphatic heterocycles. The monoisotopic (exact) mass is 727 g/mol. The zero-order valence-corrected chi connectivity index (χ0v) is 32.5. The molecule has 0 atom stereocenters. The minimum atomic E-state index is 0.0670. The first-order chi connectivity index (χ1) is 26.5. The molecule has 55 heavy (non-hydrogen) atoms. The minimum Gasteiger partial charge on any atom is -0.872 e. The van der Waals surface area contributed by atoms with Crippen LogP contribution in [-0.4, -0.2) is 17.3 Å². The van der Waals surface area contributed by atoms with Crippen molar-refractivity contribution >= 4 is 22.7 Å².